The van der Waals surface area contributed by atoms with E-state index in [0.29, 0.717) is 36.2 Å². The lowest BCUT2D eigenvalue weighted by Gasteiger charge is -2.13. The van der Waals surface area contributed by atoms with Crippen LogP contribution in [0.1, 0.15) is 34.8 Å². The Morgan fingerprint density at radius 3 is 2.55 bits per heavy atom. The molecule has 2 aromatic rings. The van der Waals surface area contributed by atoms with E-state index < -0.39 is 0 Å². The minimum Gasteiger partial charge on any atom is -0.507 e. The Bertz CT molecular complexity index is 576. The Balaban J connectivity index is 2.22. The van der Waals surface area contributed by atoms with Crippen LogP contribution in [0, 0.1) is 0 Å². The van der Waals surface area contributed by atoms with Gasteiger partial charge in [-0.15, -0.1) is 0 Å². The number of hydrogen-bond donors (Lipinski definition) is 1. The number of phenolic OH excluding ortho intramolecular Hbond substituents is 1. The summed E-state index contributed by atoms with van der Waals surface area (Å²) >= 11 is 0. The van der Waals surface area contributed by atoms with Crippen molar-refractivity contribution in [2.24, 2.45) is 0 Å². The molecule has 0 saturated carbocycles. The van der Waals surface area contributed by atoms with Crippen molar-refractivity contribution in [2.45, 2.75) is 26.4 Å². The van der Waals surface area contributed by atoms with Crippen LogP contribution in [0.2, 0.25) is 0 Å². The number of aldehydes is 1. The average Bonchev–Trinajstić information content (AvgIpc) is 2.49. The first kappa shape index (κ1) is 14.1. The van der Waals surface area contributed by atoms with E-state index in [0.717, 1.165) is 12.0 Å². The second-order valence-electron chi connectivity index (χ2n) is 4.62. The van der Waals surface area contributed by atoms with Crippen molar-refractivity contribution >= 4 is 6.29 Å². The first-order valence-corrected chi connectivity index (χ1v) is 6.73. The maximum atomic E-state index is 10.9. The highest BCUT2D eigenvalue weighted by molar-refractivity contribution is 5.80. The van der Waals surface area contributed by atoms with Gasteiger partial charge in [-0.1, -0.05) is 43.7 Å². The monoisotopic (exact) mass is 270 g/mol. The van der Waals surface area contributed by atoms with Crippen molar-refractivity contribution in [3.05, 3.63) is 59.2 Å². The molecule has 0 amide bonds. The molecule has 3 heteroatoms. The molecule has 0 spiro atoms. The van der Waals surface area contributed by atoms with Crippen molar-refractivity contribution in [1.82, 2.24) is 0 Å². The summed E-state index contributed by atoms with van der Waals surface area (Å²) in [7, 11) is 0. The predicted octanol–water partition coefficient (Wildman–Crippen LogP) is 3.74. The van der Waals surface area contributed by atoms with Crippen molar-refractivity contribution < 1.29 is 14.6 Å². The zero-order valence-electron chi connectivity index (χ0n) is 11.5. The zero-order chi connectivity index (χ0) is 14.4. The lowest BCUT2D eigenvalue weighted by atomic mass is 10.0. The Morgan fingerprint density at radius 2 is 1.90 bits per heavy atom. The van der Waals surface area contributed by atoms with Crippen LogP contribution in [-0.2, 0) is 13.0 Å². The fourth-order valence-electron chi connectivity index (χ4n) is 2.09. The third-order valence-electron chi connectivity index (χ3n) is 3.14. The van der Waals surface area contributed by atoms with Crippen LogP contribution in [0.3, 0.4) is 0 Å². The molecular formula is C17H18O3. The highest BCUT2D eigenvalue weighted by Gasteiger charge is 2.12. The average molecular weight is 270 g/mol. The molecule has 1 N–H and O–H groups in total. The summed E-state index contributed by atoms with van der Waals surface area (Å²) in [4.78, 5) is 10.9. The zero-order valence-corrected chi connectivity index (χ0v) is 11.5. The van der Waals surface area contributed by atoms with Gasteiger partial charge in [0.1, 0.15) is 18.1 Å². The maximum Gasteiger partial charge on any atom is 0.153 e. The van der Waals surface area contributed by atoms with Gasteiger partial charge in [0.25, 0.3) is 0 Å². The molecule has 3 nitrogen and oxygen atoms in total. The van der Waals surface area contributed by atoms with Crippen LogP contribution in [0.4, 0.5) is 0 Å². The van der Waals surface area contributed by atoms with E-state index in [-0.39, 0.29) is 5.75 Å². The summed E-state index contributed by atoms with van der Waals surface area (Å²) < 4.78 is 5.78. The van der Waals surface area contributed by atoms with Gasteiger partial charge in [-0.2, -0.15) is 0 Å². The number of carbonyl (C=O) groups is 1. The van der Waals surface area contributed by atoms with E-state index in [9.17, 15) is 9.90 Å². The normalized spacial score (nSPS) is 10.2. The number of aromatic hydroxyl groups is 1. The molecule has 0 unspecified atom stereocenters. The molecule has 20 heavy (non-hydrogen) atoms. The molecular weight excluding hydrogens is 252 g/mol. The standard InChI is InChI=1S/C17H18O3/c1-2-6-15-16(10-9-14(11-18)17(15)19)20-12-13-7-4-3-5-8-13/h3-5,7-11,19H,2,6,12H2,1H3. The highest BCUT2D eigenvalue weighted by Crippen LogP contribution is 2.32. The largest absolute Gasteiger partial charge is 0.507 e. The topological polar surface area (TPSA) is 46.5 Å². The number of hydrogen-bond acceptors (Lipinski definition) is 3. The third-order valence-corrected chi connectivity index (χ3v) is 3.14. The van der Waals surface area contributed by atoms with Crippen LogP contribution in [0.5, 0.6) is 11.5 Å². The summed E-state index contributed by atoms with van der Waals surface area (Å²) in [6.45, 7) is 2.46. The first-order chi connectivity index (χ1) is 9.76. The summed E-state index contributed by atoms with van der Waals surface area (Å²) in [5, 5.41) is 10.1. The first-order valence-electron chi connectivity index (χ1n) is 6.73. The van der Waals surface area contributed by atoms with E-state index in [4.69, 9.17) is 4.74 Å². The van der Waals surface area contributed by atoms with Gasteiger partial charge in [0.15, 0.2) is 6.29 Å². The fraction of sp³-hybridized carbons (Fsp3) is 0.235. The number of rotatable bonds is 6. The van der Waals surface area contributed by atoms with E-state index in [1.165, 1.54) is 0 Å². The number of carbonyl (C=O) groups excluding carboxylic acids is 1. The fourth-order valence-corrected chi connectivity index (χ4v) is 2.09. The molecule has 0 bridgehead atoms. The lowest BCUT2D eigenvalue weighted by Crippen LogP contribution is -2.00. The van der Waals surface area contributed by atoms with Gasteiger partial charge < -0.3 is 9.84 Å². The number of benzene rings is 2. The molecule has 0 fully saturated rings. The van der Waals surface area contributed by atoms with Gasteiger partial charge in [0.2, 0.25) is 0 Å². The third kappa shape index (κ3) is 3.18. The van der Waals surface area contributed by atoms with Crippen LogP contribution in [0.15, 0.2) is 42.5 Å². The van der Waals surface area contributed by atoms with Crippen LogP contribution >= 0.6 is 0 Å². The van der Waals surface area contributed by atoms with Gasteiger partial charge in [0.05, 0.1) is 5.56 Å². The number of ether oxygens (including phenoxy) is 1. The van der Waals surface area contributed by atoms with Crippen LogP contribution in [0.25, 0.3) is 0 Å². The second kappa shape index (κ2) is 6.75. The smallest absolute Gasteiger partial charge is 0.153 e. The molecule has 0 heterocycles. The van der Waals surface area contributed by atoms with E-state index >= 15 is 0 Å². The molecule has 0 aliphatic heterocycles. The Kier molecular flexibility index (Phi) is 4.77. The molecule has 0 saturated heterocycles. The number of phenols is 1. The molecule has 0 aliphatic rings. The molecule has 104 valence electrons. The summed E-state index contributed by atoms with van der Waals surface area (Å²) in [6.07, 6.45) is 2.21. The predicted molar refractivity (Wildman–Crippen MR) is 78.3 cm³/mol. The second-order valence-corrected chi connectivity index (χ2v) is 4.62. The minimum absolute atomic E-state index is 0.0346. The van der Waals surface area contributed by atoms with E-state index in [2.05, 4.69) is 0 Å². The van der Waals surface area contributed by atoms with Gasteiger partial charge in [-0.05, 0) is 24.1 Å². The lowest BCUT2D eigenvalue weighted by molar-refractivity contribution is 0.112. The van der Waals surface area contributed by atoms with Crippen molar-refractivity contribution in [3.8, 4) is 11.5 Å². The van der Waals surface area contributed by atoms with Gasteiger partial charge in [-0.3, -0.25) is 4.79 Å². The highest BCUT2D eigenvalue weighted by atomic mass is 16.5. The maximum absolute atomic E-state index is 10.9. The quantitative estimate of drug-likeness (QED) is 0.813. The van der Waals surface area contributed by atoms with Crippen LogP contribution < -0.4 is 4.74 Å². The van der Waals surface area contributed by atoms with Gasteiger partial charge in [-0.25, -0.2) is 0 Å². The molecule has 0 radical (unpaired) electrons. The van der Waals surface area contributed by atoms with Gasteiger partial charge in [0, 0.05) is 5.56 Å². The summed E-state index contributed by atoms with van der Waals surface area (Å²) in [6, 6.07) is 13.2. The van der Waals surface area contributed by atoms with Crippen molar-refractivity contribution in [2.75, 3.05) is 0 Å². The summed E-state index contributed by atoms with van der Waals surface area (Å²) in [5.41, 5.74) is 2.07. The molecule has 0 aromatic heterocycles. The Hall–Kier alpha value is -2.29. The molecule has 0 aliphatic carbocycles. The minimum atomic E-state index is 0.0346. The summed E-state index contributed by atoms with van der Waals surface area (Å²) in [5.74, 6) is 0.672. The van der Waals surface area contributed by atoms with Crippen LogP contribution in [-0.4, -0.2) is 11.4 Å². The van der Waals surface area contributed by atoms with E-state index in [1.807, 2.05) is 37.3 Å². The SMILES string of the molecule is CCCc1c(OCc2ccccc2)ccc(C=O)c1O. The van der Waals surface area contributed by atoms with Crippen molar-refractivity contribution in [1.29, 1.82) is 0 Å². The molecule has 2 aromatic carbocycles. The van der Waals surface area contributed by atoms with Gasteiger partial charge >= 0.3 is 0 Å². The molecule has 0 atom stereocenters. The van der Waals surface area contributed by atoms with Crippen molar-refractivity contribution in [3.63, 3.8) is 0 Å². The Labute approximate surface area is 118 Å². The Morgan fingerprint density at radius 1 is 1.15 bits per heavy atom. The molecule has 2 rings (SSSR count). The van der Waals surface area contributed by atoms with E-state index in [1.54, 1.807) is 12.1 Å².